The molecule has 3 nitrogen and oxygen atoms in total. The molecule has 5 heteroatoms. The van der Waals surface area contributed by atoms with Gasteiger partial charge >= 0.3 is 0 Å². The molecule has 0 aliphatic heterocycles. The minimum absolute atomic E-state index is 0.159. The van der Waals surface area contributed by atoms with Gasteiger partial charge in [-0.25, -0.2) is 8.42 Å². The maximum atomic E-state index is 11.4. The van der Waals surface area contributed by atoms with E-state index in [0.29, 0.717) is 4.90 Å². The Morgan fingerprint density at radius 1 is 1.00 bits per heavy atom. The Morgan fingerprint density at radius 2 is 1.48 bits per heavy atom. The van der Waals surface area contributed by atoms with Crippen LogP contribution in [0.2, 0.25) is 0 Å². The molecule has 1 unspecified atom stereocenters. The second-order valence-electron chi connectivity index (χ2n) is 5.17. The Kier molecular flexibility index (Phi) is 5.08. The van der Waals surface area contributed by atoms with Crippen molar-refractivity contribution in [3.8, 4) is 0 Å². The maximum Gasteiger partial charge on any atom is 0.175 e. The van der Waals surface area contributed by atoms with Gasteiger partial charge in [-0.15, -0.1) is 0 Å². The fourth-order valence-electron chi connectivity index (χ4n) is 1.96. The first-order valence-corrected chi connectivity index (χ1v) is 9.38. The van der Waals surface area contributed by atoms with Crippen molar-refractivity contribution >= 4 is 21.6 Å². The molecule has 0 fully saturated rings. The number of hydrogen-bond acceptors (Lipinski definition) is 4. The molecule has 21 heavy (non-hydrogen) atoms. The fraction of sp³-hybridized carbons (Fsp3) is 0.250. The highest BCUT2D eigenvalue weighted by Crippen LogP contribution is 2.28. The van der Waals surface area contributed by atoms with Crippen molar-refractivity contribution in [2.45, 2.75) is 34.1 Å². The van der Waals surface area contributed by atoms with E-state index in [4.69, 9.17) is 5.73 Å². The lowest BCUT2D eigenvalue weighted by Crippen LogP contribution is -2.17. The van der Waals surface area contributed by atoms with Crippen molar-refractivity contribution in [2.75, 3.05) is 6.26 Å². The van der Waals surface area contributed by atoms with Crippen LogP contribution in [-0.4, -0.2) is 20.7 Å². The Hall–Kier alpha value is -1.30. The molecule has 0 saturated carbocycles. The number of sulfone groups is 1. The van der Waals surface area contributed by atoms with Crippen LogP contribution in [0.1, 0.15) is 12.5 Å². The zero-order valence-corrected chi connectivity index (χ0v) is 13.7. The van der Waals surface area contributed by atoms with Crippen LogP contribution in [-0.2, 0) is 16.3 Å². The van der Waals surface area contributed by atoms with Crippen molar-refractivity contribution in [2.24, 2.45) is 5.73 Å². The molecule has 0 heterocycles. The zero-order chi connectivity index (χ0) is 15.5. The number of benzene rings is 2. The topological polar surface area (TPSA) is 60.2 Å². The SMILES string of the molecule is CC(N)Cc1ccc(Sc2ccc(S(C)(=O)=O)cc2)cc1. The molecule has 0 amide bonds. The van der Waals surface area contributed by atoms with Gasteiger partial charge in [0.15, 0.2) is 9.84 Å². The van der Waals surface area contributed by atoms with Crippen LogP contribution < -0.4 is 5.73 Å². The number of hydrogen-bond donors (Lipinski definition) is 1. The van der Waals surface area contributed by atoms with Gasteiger partial charge in [0.2, 0.25) is 0 Å². The van der Waals surface area contributed by atoms with Gasteiger partial charge in [-0.2, -0.15) is 0 Å². The molecular formula is C16H19NO2S2. The van der Waals surface area contributed by atoms with Crippen LogP contribution >= 0.6 is 11.8 Å². The molecular weight excluding hydrogens is 302 g/mol. The van der Waals surface area contributed by atoms with Crippen molar-refractivity contribution in [3.63, 3.8) is 0 Å². The molecule has 2 rings (SSSR count). The molecule has 0 aliphatic rings. The number of rotatable bonds is 5. The van der Waals surface area contributed by atoms with Crippen LogP contribution in [0.3, 0.4) is 0 Å². The van der Waals surface area contributed by atoms with E-state index in [0.717, 1.165) is 16.2 Å². The molecule has 0 saturated heterocycles. The predicted molar refractivity (Wildman–Crippen MR) is 87.5 cm³/mol. The average Bonchev–Trinajstić information content (AvgIpc) is 2.40. The molecule has 0 spiro atoms. The molecule has 1 atom stereocenters. The van der Waals surface area contributed by atoms with Crippen LogP contribution in [0.15, 0.2) is 63.2 Å². The second-order valence-corrected chi connectivity index (χ2v) is 8.33. The Morgan fingerprint density at radius 3 is 1.90 bits per heavy atom. The number of nitrogens with two attached hydrogens (primary N) is 1. The molecule has 0 radical (unpaired) electrons. The summed E-state index contributed by atoms with van der Waals surface area (Å²) in [7, 11) is -3.13. The fourth-order valence-corrected chi connectivity index (χ4v) is 3.40. The smallest absolute Gasteiger partial charge is 0.175 e. The molecule has 0 bridgehead atoms. The molecule has 2 aromatic rings. The Balaban J connectivity index is 2.08. The van der Waals surface area contributed by atoms with Gasteiger partial charge in [-0.1, -0.05) is 23.9 Å². The van der Waals surface area contributed by atoms with Crippen molar-refractivity contribution in [1.82, 2.24) is 0 Å². The van der Waals surface area contributed by atoms with E-state index >= 15 is 0 Å². The van der Waals surface area contributed by atoms with Crippen LogP contribution in [0, 0.1) is 0 Å². The van der Waals surface area contributed by atoms with E-state index in [9.17, 15) is 8.42 Å². The van der Waals surface area contributed by atoms with Crippen LogP contribution in [0.25, 0.3) is 0 Å². The summed E-state index contributed by atoms with van der Waals surface area (Å²) in [5.41, 5.74) is 7.00. The third-order valence-electron chi connectivity index (χ3n) is 2.97. The van der Waals surface area contributed by atoms with Gasteiger partial charge in [0.05, 0.1) is 4.90 Å². The lowest BCUT2D eigenvalue weighted by atomic mass is 10.1. The van der Waals surface area contributed by atoms with E-state index in [1.165, 1.54) is 11.8 Å². The third kappa shape index (κ3) is 4.88. The first-order chi connectivity index (χ1) is 9.84. The molecule has 2 aromatic carbocycles. The monoisotopic (exact) mass is 321 g/mol. The van der Waals surface area contributed by atoms with Gasteiger partial charge in [0.25, 0.3) is 0 Å². The molecule has 0 aromatic heterocycles. The van der Waals surface area contributed by atoms with Crippen LogP contribution in [0.5, 0.6) is 0 Å². The summed E-state index contributed by atoms with van der Waals surface area (Å²) in [6.45, 7) is 1.99. The lowest BCUT2D eigenvalue weighted by molar-refractivity contribution is 0.602. The van der Waals surface area contributed by atoms with Crippen LogP contribution in [0.4, 0.5) is 0 Å². The minimum Gasteiger partial charge on any atom is -0.328 e. The van der Waals surface area contributed by atoms with Gasteiger partial charge in [0, 0.05) is 22.1 Å². The van der Waals surface area contributed by atoms with Crippen molar-refractivity contribution < 1.29 is 8.42 Å². The maximum absolute atomic E-state index is 11.4. The van der Waals surface area contributed by atoms with Gasteiger partial charge in [-0.3, -0.25) is 0 Å². The highest BCUT2D eigenvalue weighted by atomic mass is 32.2. The van der Waals surface area contributed by atoms with Gasteiger partial charge < -0.3 is 5.73 Å². The highest BCUT2D eigenvalue weighted by molar-refractivity contribution is 7.99. The summed E-state index contributed by atoms with van der Waals surface area (Å²) in [4.78, 5) is 2.48. The first kappa shape index (κ1) is 16.1. The quantitative estimate of drug-likeness (QED) is 0.919. The lowest BCUT2D eigenvalue weighted by Gasteiger charge is -2.07. The van der Waals surface area contributed by atoms with E-state index in [1.807, 2.05) is 19.1 Å². The van der Waals surface area contributed by atoms with Crippen molar-refractivity contribution in [3.05, 3.63) is 54.1 Å². The Bertz CT molecular complexity index is 690. The van der Waals surface area contributed by atoms with E-state index in [1.54, 1.807) is 23.9 Å². The summed E-state index contributed by atoms with van der Waals surface area (Å²) >= 11 is 1.61. The summed E-state index contributed by atoms with van der Waals surface area (Å²) in [5.74, 6) is 0. The molecule has 2 N–H and O–H groups in total. The van der Waals surface area contributed by atoms with E-state index in [-0.39, 0.29) is 6.04 Å². The summed E-state index contributed by atoms with van der Waals surface area (Å²) in [5, 5.41) is 0. The first-order valence-electron chi connectivity index (χ1n) is 6.67. The van der Waals surface area contributed by atoms with E-state index < -0.39 is 9.84 Å². The Labute approximate surface area is 130 Å². The van der Waals surface area contributed by atoms with Crippen molar-refractivity contribution in [1.29, 1.82) is 0 Å². The summed E-state index contributed by atoms with van der Waals surface area (Å²) in [6.07, 6.45) is 2.08. The second kappa shape index (κ2) is 6.64. The minimum atomic E-state index is -3.13. The highest BCUT2D eigenvalue weighted by Gasteiger charge is 2.06. The summed E-state index contributed by atoms with van der Waals surface area (Å²) < 4.78 is 22.8. The standard InChI is InChI=1S/C16H19NO2S2/c1-12(17)11-13-3-5-14(6-4-13)20-15-7-9-16(10-8-15)21(2,18)19/h3-10,12H,11,17H2,1-2H3. The third-order valence-corrected chi connectivity index (χ3v) is 5.11. The van der Waals surface area contributed by atoms with Gasteiger partial charge in [0.1, 0.15) is 0 Å². The zero-order valence-electron chi connectivity index (χ0n) is 12.1. The van der Waals surface area contributed by atoms with Gasteiger partial charge in [-0.05, 0) is 55.3 Å². The largest absolute Gasteiger partial charge is 0.328 e. The summed E-state index contributed by atoms with van der Waals surface area (Å²) in [6, 6.07) is 15.4. The molecule has 112 valence electrons. The molecule has 0 aliphatic carbocycles. The normalized spacial score (nSPS) is 13.1. The predicted octanol–water partition coefficient (Wildman–Crippen LogP) is 3.13. The van der Waals surface area contributed by atoms with E-state index in [2.05, 4.69) is 24.3 Å². The average molecular weight is 321 g/mol.